The van der Waals surface area contributed by atoms with Crippen molar-refractivity contribution >= 4 is 21.4 Å². The molecule has 0 aliphatic rings. The molecule has 0 atom stereocenters. The number of likely N-dealkylation sites (N-methyl/N-ethyl adjacent to an activating group) is 1. The van der Waals surface area contributed by atoms with Gasteiger partial charge in [-0.1, -0.05) is 6.07 Å². The predicted molar refractivity (Wildman–Crippen MR) is 66.7 cm³/mol. The lowest BCUT2D eigenvalue weighted by Crippen LogP contribution is -2.29. The summed E-state index contributed by atoms with van der Waals surface area (Å²) in [7, 11) is -0.542. The van der Waals surface area contributed by atoms with Crippen LogP contribution in [0.5, 0.6) is 0 Å². The molecule has 0 bridgehead atoms. The Morgan fingerprint density at radius 2 is 2.00 bits per heavy atom. The number of nitrogens with one attached hydrogen (secondary N) is 1. The van der Waals surface area contributed by atoms with Crippen molar-refractivity contribution in [1.82, 2.24) is 4.90 Å². The van der Waals surface area contributed by atoms with Crippen LogP contribution in [0.25, 0.3) is 0 Å². The summed E-state index contributed by atoms with van der Waals surface area (Å²) in [6.07, 6.45) is 0.921. The van der Waals surface area contributed by atoms with E-state index in [2.05, 4.69) is 5.32 Å². The van der Waals surface area contributed by atoms with Gasteiger partial charge in [0.1, 0.15) is 10.7 Å². The Bertz CT molecular complexity index is 555. The highest BCUT2D eigenvalue weighted by molar-refractivity contribution is 7.90. The maximum atomic E-state index is 13.5. The van der Waals surface area contributed by atoms with Crippen molar-refractivity contribution in [3.8, 4) is 0 Å². The van der Waals surface area contributed by atoms with Crippen LogP contribution < -0.4 is 5.32 Å². The molecule has 1 rings (SSSR count). The second-order valence-electron chi connectivity index (χ2n) is 4.03. The molecule has 0 fully saturated rings. The monoisotopic (exact) mass is 274 g/mol. The minimum absolute atomic E-state index is 0.0905. The summed E-state index contributed by atoms with van der Waals surface area (Å²) < 4.78 is 36.5. The molecular formula is C11H15FN2O3S. The molecule has 18 heavy (non-hydrogen) atoms. The number of amides is 1. The lowest BCUT2D eigenvalue weighted by molar-refractivity contribution is -0.126. The van der Waals surface area contributed by atoms with Gasteiger partial charge in [-0.05, 0) is 12.1 Å². The molecule has 1 aromatic rings. The number of carbonyl (C=O) groups excluding carboxylic acids is 1. The van der Waals surface area contributed by atoms with Crippen LogP contribution in [0, 0.1) is 5.82 Å². The lowest BCUT2D eigenvalue weighted by atomic mass is 10.3. The molecule has 0 aromatic heterocycles. The van der Waals surface area contributed by atoms with Crippen LogP contribution in [0.3, 0.4) is 0 Å². The third-order valence-corrected chi connectivity index (χ3v) is 3.42. The maximum Gasteiger partial charge on any atom is 0.241 e. The zero-order chi connectivity index (χ0) is 13.9. The van der Waals surface area contributed by atoms with Crippen LogP contribution in [-0.4, -0.2) is 46.1 Å². The summed E-state index contributed by atoms with van der Waals surface area (Å²) in [5.41, 5.74) is 0.0905. The molecule has 7 heteroatoms. The number of halogens is 1. The molecule has 100 valence electrons. The molecule has 0 aliphatic carbocycles. The first-order chi connectivity index (χ1) is 8.23. The number of hydrogen-bond donors (Lipinski definition) is 1. The number of carbonyl (C=O) groups is 1. The Hall–Kier alpha value is -1.63. The third-order valence-electron chi connectivity index (χ3n) is 2.27. The summed E-state index contributed by atoms with van der Waals surface area (Å²) in [4.78, 5) is 12.3. The summed E-state index contributed by atoms with van der Waals surface area (Å²) in [5, 5.41) is 2.63. The highest BCUT2D eigenvalue weighted by atomic mass is 32.2. The molecule has 5 nitrogen and oxygen atoms in total. The van der Waals surface area contributed by atoms with E-state index in [0.29, 0.717) is 0 Å². The normalized spacial score (nSPS) is 11.1. The van der Waals surface area contributed by atoms with Crippen molar-refractivity contribution in [1.29, 1.82) is 0 Å². The predicted octanol–water partition coefficient (Wildman–Crippen LogP) is 0.729. The standard InChI is InChI=1S/C11H15FN2O3S/c1-14(2)10(15)7-13-9-6-4-5-8(12)11(9)18(3,16)17/h4-6,13H,7H2,1-3H3. The van der Waals surface area contributed by atoms with E-state index < -0.39 is 20.5 Å². The summed E-state index contributed by atoms with van der Waals surface area (Å²) >= 11 is 0. The second kappa shape index (κ2) is 5.34. The fraction of sp³-hybridized carbons (Fsp3) is 0.364. The van der Waals surface area contributed by atoms with E-state index in [1.165, 1.54) is 17.0 Å². The van der Waals surface area contributed by atoms with Crippen molar-refractivity contribution in [3.63, 3.8) is 0 Å². The average Bonchev–Trinajstić information content (AvgIpc) is 2.23. The molecule has 0 unspecified atom stereocenters. The minimum atomic E-state index is -3.69. The van der Waals surface area contributed by atoms with Crippen LogP contribution in [-0.2, 0) is 14.6 Å². The van der Waals surface area contributed by atoms with Gasteiger partial charge in [0.2, 0.25) is 5.91 Å². The fourth-order valence-electron chi connectivity index (χ4n) is 1.35. The van der Waals surface area contributed by atoms with Gasteiger partial charge in [-0.15, -0.1) is 0 Å². The largest absolute Gasteiger partial charge is 0.375 e. The van der Waals surface area contributed by atoms with E-state index in [1.807, 2.05) is 0 Å². The Kier molecular flexibility index (Phi) is 4.28. The van der Waals surface area contributed by atoms with Crippen LogP contribution in [0.4, 0.5) is 10.1 Å². The summed E-state index contributed by atoms with van der Waals surface area (Å²) in [5.74, 6) is -1.07. The van der Waals surface area contributed by atoms with Crippen molar-refractivity contribution in [3.05, 3.63) is 24.0 Å². The average molecular weight is 274 g/mol. The zero-order valence-corrected chi connectivity index (χ0v) is 11.2. The van der Waals surface area contributed by atoms with Crippen molar-refractivity contribution in [2.75, 3.05) is 32.2 Å². The molecule has 0 heterocycles. The Morgan fingerprint density at radius 3 is 2.50 bits per heavy atom. The zero-order valence-electron chi connectivity index (χ0n) is 10.4. The topological polar surface area (TPSA) is 66.5 Å². The molecule has 0 saturated heterocycles. The number of anilines is 1. The Morgan fingerprint density at radius 1 is 1.39 bits per heavy atom. The van der Waals surface area contributed by atoms with E-state index >= 15 is 0 Å². The second-order valence-corrected chi connectivity index (χ2v) is 5.98. The van der Waals surface area contributed by atoms with Crippen LogP contribution in [0.2, 0.25) is 0 Å². The molecule has 1 aromatic carbocycles. The quantitative estimate of drug-likeness (QED) is 0.879. The van der Waals surface area contributed by atoms with E-state index in [9.17, 15) is 17.6 Å². The molecule has 0 radical (unpaired) electrons. The van der Waals surface area contributed by atoms with E-state index in [0.717, 1.165) is 12.3 Å². The fourth-order valence-corrected chi connectivity index (χ4v) is 2.32. The molecular weight excluding hydrogens is 259 g/mol. The third kappa shape index (κ3) is 3.43. The highest BCUT2D eigenvalue weighted by Crippen LogP contribution is 2.24. The van der Waals surface area contributed by atoms with Gasteiger partial charge in [-0.2, -0.15) is 0 Å². The summed E-state index contributed by atoms with van der Waals surface area (Å²) in [6.45, 7) is -0.0982. The first kappa shape index (κ1) is 14.4. The van der Waals surface area contributed by atoms with Gasteiger partial charge < -0.3 is 10.2 Å². The number of hydrogen-bond acceptors (Lipinski definition) is 4. The van der Waals surface area contributed by atoms with Crippen LogP contribution in [0.15, 0.2) is 23.1 Å². The van der Waals surface area contributed by atoms with Gasteiger partial charge >= 0.3 is 0 Å². The smallest absolute Gasteiger partial charge is 0.241 e. The van der Waals surface area contributed by atoms with Gasteiger partial charge in [-0.3, -0.25) is 4.79 Å². The van der Waals surface area contributed by atoms with Gasteiger partial charge in [-0.25, -0.2) is 12.8 Å². The molecule has 1 amide bonds. The SMILES string of the molecule is CN(C)C(=O)CNc1cccc(F)c1S(C)(=O)=O. The van der Waals surface area contributed by atoms with E-state index in [1.54, 1.807) is 14.1 Å². The van der Waals surface area contributed by atoms with Crippen molar-refractivity contribution < 1.29 is 17.6 Å². The Labute approximate surface area is 106 Å². The number of benzene rings is 1. The van der Waals surface area contributed by atoms with Crippen molar-refractivity contribution in [2.45, 2.75) is 4.90 Å². The molecule has 1 N–H and O–H groups in total. The van der Waals surface area contributed by atoms with E-state index in [4.69, 9.17) is 0 Å². The van der Waals surface area contributed by atoms with Crippen LogP contribution in [0.1, 0.15) is 0 Å². The van der Waals surface area contributed by atoms with Gasteiger partial charge in [0.25, 0.3) is 0 Å². The minimum Gasteiger partial charge on any atom is -0.375 e. The van der Waals surface area contributed by atoms with E-state index in [-0.39, 0.29) is 18.1 Å². The summed E-state index contributed by atoms with van der Waals surface area (Å²) in [6, 6.07) is 3.87. The Balaban J connectivity index is 3.04. The number of rotatable bonds is 4. The van der Waals surface area contributed by atoms with Gasteiger partial charge in [0, 0.05) is 20.4 Å². The first-order valence-electron chi connectivity index (χ1n) is 5.16. The maximum absolute atomic E-state index is 13.5. The highest BCUT2D eigenvalue weighted by Gasteiger charge is 2.19. The number of sulfone groups is 1. The lowest BCUT2D eigenvalue weighted by Gasteiger charge is -2.14. The van der Waals surface area contributed by atoms with Crippen molar-refractivity contribution in [2.24, 2.45) is 0 Å². The van der Waals surface area contributed by atoms with Crippen LogP contribution >= 0.6 is 0 Å². The van der Waals surface area contributed by atoms with Gasteiger partial charge in [0.05, 0.1) is 12.2 Å². The molecule has 0 saturated carbocycles. The van der Waals surface area contributed by atoms with Gasteiger partial charge in [0.15, 0.2) is 9.84 Å². The molecule has 0 aliphatic heterocycles. The molecule has 0 spiro atoms. The number of nitrogens with zero attached hydrogens (tertiary/aromatic N) is 1. The first-order valence-corrected chi connectivity index (χ1v) is 7.05.